The molecule has 13 heteroatoms. The Morgan fingerprint density at radius 2 is 1.21 bits per heavy atom. The summed E-state index contributed by atoms with van der Waals surface area (Å²) in [6.45, 7) is 0.462. The SMILES string of the molecule is Clc1nc(Cl)nc(Cl)n1.Clc1nc(Cl)nc(NCc2ccco2)n1. The molecule has 0 aromatic carbocycles. The number of furan rings is 1. The molecule has 0 fully saturated rings. The lowest BCUT2D eigenvalue weighted by Crippen LogP contribution is -2.04. The van der Waals surface area contributed by atoms with Crippen LogP contribution in [0.15, 0.2) is 22.8 Å². The first-order chi connectivity index (χ1) is 11.4. The fourth-order valence-corrected chi connectivity index (χ4v) is 2.26. The maximum absolute atomic E-state index is 5.60. The van der Waals surface area contributed by atoms with E-state index in [1.54, 1.807) is 12.3 Å². The number of rotatable bonds is 3. The van der Waals surface area contributed by atoms with Crippen LogP contribution in [0.5, 0.6) is 0 Å². The van der Waals surface area contributed by atoms with E-state index >= 15 is 0 Å². The molecule has 3 heterocycles. The minimum absolute atomic E-state index is 0.000000000000000444. The van der Waals surface area contributed by atoms with E-state index in [1.807, 2.05) is 6.07 Å². The van der Waals surface area contributed by atoms with Gasteiger partial charge < -0.3 is 9.73 Å². The van der Waals surface area contributed by atoms with Crippen molar-refractivity contribution < 1.29 is 4.42 Å². The zero-order chi connectivity index (χ0) is 17.5. The second-order valence-corrected chi connectivity index (χ2v) is 5.46. The molecule has 3 aromatic rings. The molecule has 0 saturated carbocycles. The largest absolute Gasteiger partial charge is 0.467 e. The lowest BCUT2D eigenvalue weighted by Gasteiger charge is -2.02. The van der Waals surface area contributed by atoms with Gasteiger partial charge in [-0.05, 0) is 70.1 Å². The first kappa shape index (κ1) is 18.9. The second kappa shape index (κ2) is 9.14. The average Bonchev–Trinajstić information content (AvgIpc) is 2.96. The van der Waals surface area contributed by atoms with Crippen molar-refractivity contribution in [2.45, 2.75) is 6.54 Å². The maximum Gasteiger partial charge on any atom is 0.228 e. The molecular weight excluding hydrogens is 423 g/mol. The Bertz CT molecular complexity index is 731. The van der Waals surface area contributed by atoms with E-state index in [-0.39, 0.29) is 26.4 Å². The molecule has 0 unspecified atom stereocenters. The molecule has 0 aliphatic carbocycles. The summed E-state index contributed by atoms with van der Waals surface area (Å²) in [7, 11) is 0. The van der Waals surface area contributed by atoms with Gasteiger partial charge in [-0.2, -0.15) is 29.9 Å². The summed E-state index contributed by atoms with van der Waals surface area (Å²) in [5.74, 6) is 1.08. The topological polar surface area (TPSA) is 103 Å². The number of nitrogens with zero attached hydrogens (tertiary/aromatic N) is 6. The Labute approximate surface area is 160 Å². The van der Waals surface area contributed by atoms with Gasteiger partial charge in [-0.25, -0.2) is 0 Å². The van der Waals surface area contributed by atoms with E-state index < -0.39 is 0 Å². The van der Waals surface area contributed by atoms with E-state index in [2.05, 4.69) is 35.2 Å². The smallest absolute Gasteiger partial charge is 0.228 e. The summed E-state index contributed by atoms with van der Waals surface area (Å²) >= 11 is 27.2. The molecule has 0 aliphatic rings. The normalized spacial score (nSPS) is 10.0. The molecule has 0 spiro atoms. The number of hydrogen-bond acceptors (Lipinski definition) is 8. The lowest BCUT2D eigenvalue weighted by molar-refractivity contribution is 0.517. The molecule has 24 heavy (non-hydrogen) atoms. The number of nitrogens with one attached hydrogen (secondary N) is 1. The Balaban J connectivity index is 0.000000198. The number of halogens is 5. The van der Waals surface area contributed by atoms with E-state index in [0.29, 0.717) is 12.5 Å². The minimum atomic E-state index is 0.000000000000000444. The Hall–Kier alpha value is -1.45. The van der Waals surface area contributed by atoms with Crippen molar-refractivity contribution in [3.8, 4) is 0 Å². The molecule has 0 atom stereocenters. The highest BCUT2D eigenvalue weighted by Gasteiger charge is 2.03. The monoisotopic (exact) mass is 427 g/mol. The molecule has 1 N–H and O–H groups in total. The predicted octanol–water partition coefficient (Wildman–Crippen LogP) is 4.22. The van der Waals surface area contributed by atoms with Gasteiger partial charge in [-0.15, -0.1) is 0 Å². The second-order valence-electron chi connectivity index (χ2n) is 3.77. The third-order valence-corrected chi connectivity index (χ3v) is 2.98. The van der Waals surface area contributed by atoms with Crippen molar-refractivity contribution in [2.24, 2.45) is 0 Å². The van der Waals surface area contributed by atoms with Crippen molar-refractivity contribution in [3.05, 3.63) is 50.6 Å². The highest BCUT2D eigenvalue weighted by Crippen LogP contribution is 2.11. The predicted molar refractivity (Wildman–Crippen MR) is 90.7 cm³/mol. The van der Waals surface area contributed by atoms with Crippen LogP contribution in [0.3, 0.4) is 0 Å². The molecule has 0 bridgehead atoms. The lowest BCUT2D eigenvalue weighted by atomic mass is 10.4. The third kappa shape index (κ3) is 6.58. The van der Waals surface area contributed by atoms with Crippen LogP contribution < -0.4 is 5.32 Å². The van der Waals surface area contributed by atoms with Crippen LogP contribution in [-0.2, 0) is 6.54 Å². The zero-order valence-corrected chi connectivity index (χ0v) is 15.2. The Morgan fingerprint density at radius 1 is 0.750 bits per heavy atom. The Morgan fingerprint density at radius 3 is 1.62 bits per heavy atom. The first-order valence-electron chi connectivity index (χ1n) is 5.98. The highest BCUT2D eigenvalue weighted by molar-refractivity contribution is 6.33. The van der Waals surface area contributed by atoms with Gasteiger partial charge in [0, 0.05) is 0 Å². The van der Waals surface area contributed by atoms with E-state index in [1.165, 1.54) is 0 Å². The molecular formula is C11H6Cl5N7O. The van der Waals surface area contributed by atoms with E-state index in [0.717, 1.165) is 5.76 Å². The van der Waals surface area contributed by atoms with Gasteiger partial charge in [0.1, 0.15) is 5.76 Å². The number of anilines is 1. The summed E-state index contributed by atoms with van der Waals surface area (Å²) in [4.78, 5) is 21.7. The first-order valence-corrected chi connectivity index (χ1v) is 7.87. The van der Waals surface area contributed by atoms with Gasteiger partial charge in [-0.1, -0.05) is 0 Å². The van der Waals surface area contributed by atoms with Crippen molar-refractivity contribution in [3.63, 3.8) is 0 Å². The van der Waals surface area contributed by atoms with Crippen molar-refractivity contribution in [1.82, 2.24) is 29.9 Å². The minimum Gasteiger partial charge on any atom is -0.467 e. The van der Waals surface area contributed by atoms with Gasteiger partial charge in [-0.3, -0.25) is 0 Å². The van der Waals surface area contributed by atoms with Crippen LogP contribution in [0.2, 0.25) is 26.4 Å². The molecule has 126 valence electrons. The molecule has 0 radical (unpaired) electrons. The van der Waals surface area contributed by atoms with Crippen molar-refractivity contribution in [2.75, 3.05) is 5.32 Å². The maximum atomic E-state index is 5.60. The molecule has 0 aliphatic heterocycles. The van der Waals surface area contributed by atoms with Crippen molar-refractivity contribution in [1.29, 1.82) is 0 Å². The quantitative estimate of drug-likeness (QED) is 0.660. The van der Waals surface area contributed by atoms with E-state index in [4.69, 9.17) is 62.4 Å². The highest BCUT2D eigenvalue weighted by atomic mass is 35.5. The summed E-state index contributed by atoms with van der Waals surface area (Å²) in [6, 6.07) is 3.63. The number of hydrogen-bond donors (Lipinski definition) is 1. The van der Waals surface area contributed by atoms with Crippen LogP contribution in [0.25, 0.3) is 0 Å². The molecule has 0 amide bonds. The van der Waals surface area contributed by atoms with Gasteiger partial charge in [0.15, 0.2) is 0 Å². The van der Waals surface area contributed by atoms with Gasteiger partial charge >= 0.3 is 0 Å². The average molecular weight is 429 g/mol. The molecule has 0 saturated heterocycles. The standard InChI is InChI=1S/C8H6Cl2N4O.C3Cl3N3/c9-6-12-7(10)14-8(13-6)11-4-5-2-1-3-15-5;4-1-7-2(5)9-3(6)8-1/h1-3H,4H2,(H,11,12,13,14);. The summed E-state index contributed by atoms with van der Waals surface area (Å²) in [6.07, 6.45) is 1.59. The fourth-order valence-electron chi connectivity index (χ4n) is 1.29. The number of aromatic nitrogens is 6. The molecule has 3 aromatic heterocycles. The van der Waals surface area contributed by atoms with Gasteiger partial charge in [0.2, 0.25) is 32.4 Å². The van der Waals surface area contributed by atoms with Gasteiger partial charge in [0.05, 0.1) is 12.8 Å². The summed E-state index contributed by atoms with van der Waals surface area (Å²) < 4.78 is 5.12. The van der Waals surface area contributed by atoms with Crippen molar-refractivity contribution >= 4 is 64.0 Å². The third-order valence-electron chi connectivity index (χ3n) is 2.14. The van der Waals surface area contributed by atoms with Crippen LogP contribution in [0, 0.1) is 0 Å². The molecule has 8 nitrogen and oxygen atoms in total. The molecule has 3 rings (SSSR count). The van der Waals surface area contributed by atoms with E-state index in [9.17, 15) is 0 Å². The fraction of sp³-hybridized carbons (Fsp3) is 0.0909. The van der Waals surface area contributed by atoms with Gasteiger partial charge in [0.25, 0.3) is 0 Å². The zero-order valence-electron chi connectivity index (χ0n) is 11.4. The van der Waals surface area contributed by atoms with Crippen LogP contribution in [-0.4, -0.2) is 29.9 Å². The Kier molecular flexibility index (Phi) is 7.19. The van der Waals surface area contributed by atoms with Crippen LogP contribution >= 0.6 is 58.0 Å². The summed E-state index contributed by atoms with van der Waals surface area (Å²) in [5, 5.41) is 3.01. The van der Waals surface area contributed by atoms with Crippen LogP contribution in [0.4, 0.5) is 5.95 Å². The summed E-state index contributed by atoms with van der Waals surface area (Å²) in [5.41, 5.74) is 0. The van der Waals surface area contributed by atoms with Crippen LogP contribution in [0.1, 0.15) is 5.76 Å².